The van der Waals surface area contributed by atoms with Crippen molar-refractivity contribution in [1.29, 1.82) is 0 Å². The summed E-state index contributed by atoms with van der Waals surface area (Å²) in [4.78, 5) is 16.5. The van der Waals surface area contributed by atoms with Crippen molar-refractivity contribution in [3.63, 3.8) is 0 Å². The Morgan fingerprint density at radius 1 is 1.14 bits per heavy atom. The molecular formula is C21H23N3O4. The van der Waals surface area contributed by atoms with Crippen LogP contribution in [0, 0.1) is 0 Å². The molecule has 1 amide bonds. The third-order valence-electron chi connectivity index (χ3n) is 4.04. The Morgan fingerprint density at radius 3 is 2.71 bits per heavy atom. The first-order valence-corrected chi connectivity index (χ1v) is 9.17. The molecule has 0 saturated carbocycles. The molecule has 1 heterocycles. The van der Waals surface area contributed by atoms with Gasteiger partial charge < -0.3 is 19.3 Å². The van der Waals surface area contributed by atoms with Gasteiger partial charge in [0.05, 0.1) is 13.7 Å². The lowest BCUT2D eigenvalue weighted by atomic mass is 10.2. The molecule has 0 fully saturated rings. The number of methoxy groups -OCH3 is 1. The largest absolute Gasteiger partial charge is 0.497 e. The molecular weight excluding hydrogens is 358 g/mol. The molecule has 0 spiro atoms. The third kappa shape index (κ3) is 5.33. The standard InChI is InChI=1S/C21H23N3O4/c1-3-27-17-12-10-16(11-13-17)22-19(25)8-5-9-20-23-21(24-28-20)15-6-4-7-18(14-15)26-2/h4,6-7,10-14H,3,5,8-9H2,1-2H3,(H,22,25). The molecule has 1 N–H and O–H groups in total. The molecule has 0 radical (unpaired) electrons. The highest BCUT2D eigenvalue weighted by Gasteiger charge is 2.10. The maximum atomic E-state index is 12.1. The number of nitrogens with zero attached hydrogens (tertiary/aromatic N) is 2. The van der Waals surface area contributed by atoms with Gasteiger partial charge in [-0.05, 0) is 49.7 Å². The smallest absolute Gasteiger partial charge is 0.226 e. The Morgan fingerprint density at radius 2 is 1.96 bits per heavy atom. The zero-order valence-electron chi connectivity index (χ0n) is 16.0. The molecule has 0 bridgehead atoms. The van der Waals surface area contributed by atoms with Crippen molar-refractivity contribution < 1.29 is 18.8 Å². The SMILES string of the molecule is CCOc1ccc(NC(=O)CCCc2nc(-c3cccc(OC)c3)no2)cc1. The summed E-state index contributed by atoms with van der Waals surface area (Å²) in [6.07, 6.45) is 1.51. The molecule has 0 aliphatic heterocycles. The topological polar surface area (TPSA) is 86.5 Å². The van der Waals surface area contributed by atoms with Crippen LogP contribution in [0.15, 0.2) is 53.1 Å². The normalized spacial score (nSPS) is 10.5. The van der Waals surface area contributed by atoms with Crippen LogP contribution in [0.3, 0.4) is 0 Å². The highest BCUT2D eigenvalue weighted by atomic mass is 16.5. The summed E-state index contributed by atoms with van der Waals surface area (Å²) in [6.45, 7) is 2.54. The Bertz CT molecular complexity index is 906. The summed E-state index contributed by atoms with van der Waals surface area (Å²) >= 11 is 0. The number of carbonyl (C=O) groups excluding carboxylic acids is 1. The molecule has 3 rings (SSSR count). The Balaban J connectivity index is 1.47. The number of anilines is 1. The third-order valence-corrected chi connectivity index (χ3v) is 4.04. The lowest BCUT2D eigenvalue weighted by Gasteiger charge is -2.06. The minimum atomic E-state index is -0.0586. The molecule has 3 aromatic rings. The maximum Gasteiger partial charge on any atom is 0.226 e. The van der Waals surface area contributed by atoms with Gasteiger partial charge in [-0.2, -0.15) is 4.98 Å². The van der Waals surface area contributed by atoms with E-state index in [4.69, 9.17) is 14.0 Å². The van der Waals surface area contributed by atoms with Crippen LogP contribution in [0.25, 0.3) is 11.4 Å². The van der Waals surface area contributed by atoms with Crippen molar-refractivity contribution in [2.75, 3.05) is 19.0 Å². The average Bonchev–Trinajstić information content (AvgIpc) is 3.19. The minimum Gasteiger partial charge on any atom is -0.497 e. The van der Waals surface area contributed by atoms with E-state index in [1.165, 1.54) is 0 Å². The fourth-order valence-electron chi connectivity index (χ4n) is 2.66. The second-order valence-corrected chi connectivity index (χ2v) is 6.10. The fourth-order valence-corrected chi connectivity index (χ4v) is 2.66. The number of aromatic nitrogens is 2. The van der Waals surface area contributed by atoms with Gasteiger partial charge in [-0.15, -0.1) is 0 Å². The molecule has 0 saturated heterocycles. The summed E-state index contributed by atoms with van der Waals surface area (Å²) in [5.74, 6) is 2.47. The van der Waals surface area contributed by atoms with Gasteiger partial charge >= 0.3 is 0 Å². The Hall–Kier alpha value is -3.35. The van der Waals surface area contributed by atoms with Crippen molar-refractivity contribution in [1.82, 2.24) is 10.1 Å². The number of amides is 1. The zero-order chi connectivity index (χ0) is 19.8. The van der Waals surface area contributed by atoms with E-state index in [9.17, 15) is 4.79 Å². The lowest BCUT2D eigenvalue weighted by Crippen LogP contribution is -2.11. The molecule has 0 aliphatic rings. The second kappa shape index (κ2) is 9.55. The number of carbonyl (C=O) groups is 1. The van der Waals surface area contributed by atoms with E-state index in [0.717, 1.165) is 22.7 Å². The number of hydrogen-bond acceptors (Lipinski definition) is 6. The minimum absolute atomic E-state index is 0.0586. The van der Waals surface area contributed by atoms with Gasteiger partial charge in [-0.1, -0.05) is 17.3 Å². The van der Waals surface area contributed by atoms with Crippen LogP contribution < -0.4 is 14.8 Å². The first-order valence-electron chi connectivity index (χ1n) is 9.17. The molecule has 0 atom stereocenters. The lowest BCUT2D eigenvalue weighted by molar-refractivity contribution is -0.116. The van der Waals surface area contributed by atoms with Gasteiger partial charge in [-0.3, -0.25) is 4.79 Å². The van der Waals surface area contributed by atoms with Crippen molar-refractivity contribution in [3.05, 3.63) is 54.4 Å². The second-order valence-electron chi connectivity index (χ2n) is 6.10. The van der Waals surface area contributed by atoms with Crippen molar-refractivity contribution in [3.8, 4) is 22.9 Å². The maximum absolute atomic E-state index is 12.1. The summed E-state index contributed by atoms with van der Waals surface area (Å²) in [5, 5.41) is 6.86. The van der Waals surface area contributed by atoms with E-state index in [2.05, 4.69) is 15.5 Å². The molecule has 28 heavy (non-hydrogen) atoms. The van der Waals surface area contributed by atoms with E-state index in [-0.39, 0.29) is 5.91 Å². The van der Waals surface area contributed by atoms with E-state index in [1.54, 1.807) is 7.11 Å². The van der Waals surface area contributed by atoms with Gasteiger partial charge in [0, 0.05) is 24.1 Å². The van der Waals surface area contributed by atoms with Gasteiger partial charge in [0.25, 0.3) is 0 Å². The summed E-state index contributed by atoms with van der Waals surface area (Å²) in [6, 6.07) is 14.8. The fraction of sp³-hybridized carbons (Fsp3) is 0.286. The van der Waals surface area contributed by atoms with Crippen LogP contribution in [0.4, 0.5) is 5.69 Å². The van der Waals surface area contributed by atoms with E-state index < -0.39 is 0 Å². The molecule has 0 aliphatic carbocycles. The van der Waals surface area contributed by atoms with Crippen LogP contribution in [0.5, 0.6) is 11.5 Å². The Kier molecular flexibility index (Phi) is 6.62. The van der Waals surface area contributed by atoms with Gasteiger partial charge in [0.1, 0.15) is 11.5 Å². The van der Waals surface area contributed by atoms with E-state index in [1.807, 2.05) is 55.5 Å². The molecule has 7 nitrogen and oxygen atoms in total. The molecule has 1 aromatic heterocycles. The molecule has 2 aromatic carbocycles. The summed E-state index contributed by atoms with van der Waals surface area (Å²) in [5.41, 5.74) is 1.56. The van der Waals surface area contributed by atoms with Crippen LogP contribution in [0.2, 0.25) is 0 Å². The average molecular weight is 381 g/mol. The number of ether oxygens (including phenoxy) is 2. The first-order chi connectivity index (χ1) is 13.7. The molecule has 7 heteroatoms. The monoisotopic (exact) mass is 381 g/mol. The van der Waals surface area contributed by atoms with Crippen LogP contribution in [0.1, 0.15) is 25.7 Å². The number of rotatable bonds is 9. The quantitative estimate of drug-likeness (QED) is 0.600. The number of nitrogens with one attached hydrogen (secondary N) is 1. The van der Waals surface area contributed by atoms with Crippen molar-refractivity contribution in [2.24, 2.45) is 0 Å². The van der Waals surface area contributed by atoms with E-state index in [0.29, 0.717) is 37.6 Å². The predicted molar refractivity (Wildman–Crippen MR) is 105 cm³/mol. The van der Waals surface area contributed by atoms with Crippen LogP contribution in [-0.2, 0) is 11.2 Å². The van der Waals surface area contributed by atoms with Gasteiger partial charge in [0.15, 0.2) is 0 Å². The van der Waals surface area contributed by atoms with Crippen molar-refractivity contribution >= 4 is 11.6 Å². The van der Waals surface area contributed by atoms with Crippen LogP contribution in [-0.4, -0.2) is 29.8 Å². The highest BCUT2D eigenvalue weighted by molar-refractivity contribution is 5.90. The number of aryl methyl sites for hydroxylation is 1. The van der Waals surface area contributed by atoms with Gasteiger partial charge in [-0.25, -0.2) is 0 Å². The van der Waals surface area contributed by atoms with E-state index >= 15 is 0 Å². The first kappa shape index (κ1) is 19.4. The summed E-state index contributed by atoms with van der Waals surface area (Å²) in [7, 11) is 1.61. The number of hydrogen-bond donors (Lipinski definition) is 1. The summed E-state index contributed by atoms with van der Waals surface area (Å²) < 4.78 is 15.9. The van der Waals surface area contributed by atoms with Gasteiger partial charge in [0.2, 0.25) is 17.6 Å². The molecule has 0 unspecified atom stereocenters. The highest BCUT2D eigenvalue weighted by Crippen LogP contribution is 2.21. The zero-order valence-corrected chi connectivity index (χ0v) is 16.0. The van der Waals surface area contributed by atoms with Crippen molar-refractivity contribution in [2.45, 2.75) is 26.2 Å². The molecule has 146 valence electrons. The predicted octanol–water partition coefficient (Wildman–Crippen LogP) is 4.11. The van der Waals surface area contributed by atoms with Crippen LogP contribution >= 0.6 is 0 Å². The Labute approximate surface area is 163 Å². The number of benzene rings is 2.